The third-order valence-corrected chi connectivity index (χ3v) is 6.70. The third-order valence-electron chi connectivity index (χ3n) is 5.67. The number of hydrogen-bond donors (Lipinski definition) is 2. The van der Waals surface area contributed by atoms with E-state index in [2.05, 4.69) is 63.8 Å². The van der Waals surface area contributed by atoms with Gasteiger partial charge in [-0.15, -0.1) is 35.3 Å². The molecule has 1 aromatic heterocycles. The van der Waals surface area contributed by atoms with Crippen molar-refractivity contribution in [2.24, 2.45) is 4.99 Å². The van der Waals surface area contributed by atoms with Crippen LogP contribution in [0.25, 0.3) is 0 Å². The molecule has 4 rings (SSSR count). The number of fused-ring (bicyclic) bond motifs is 1. The number of halogens is 1. The average Bonchev–Trinajstić information content (AvgIpc) is 3.36. The first kappa shape index (κ1) is 22.5. The van der Waals surface area contributed by atoms with Gasteiger partial charge in [-0.05, 0) is 42.3 Å². The molecule has 0 radical (unpaired) electrons. The van der Waals surface area contributed by atoms with Crippen molar-refractivity contribution in [3.63, 3.8) is 0 Å². The molecule has 0 amide bonds. The minimum Gasteiger partial charge on any atom is -0.391 e. The predicted octanol–water partition coefficient (Wildman–Crippen LogP) is 3.50. The molecule has 2 aliphatic heterocycles. The van der Waals surface area contributed by atoms with Crippen LogP contribution in [-0.2, 0) is 13.0 Å². The molecular weight excluding hydrogens is 495 g/mol. The molecule has 1 aromatic carbocycles. The molecule has 2 aliphatic rings. The normalized spacial score (nSPS) is 20.8. The SMILES string of the molecule is CCNC(=NCC(c1ccccc1)N1CCc2sccc2C1)N1CC[C@@H](O)C1.I. The fraction of sp³-hybridized carbons (Fsp3) is 0.500. The lowest BCUT2D eigenvalue weighted by Gasteiger charge is -2.34. The van der Waals surface area contributed by atoms with Crippen molar-refractivity contribution < 1.29 is 5.11 Å². The number of aliphatic imine (C=N–C) groups is 1. The number of guanidine groups is 1. The third kappa shape index (κ3) is 5.51. The summed E-state index contributed by atoms with van der Waals surface area (Å²) < 4.78 is 0. The van der Waals surface area contributed by atoms with E-state index in [0.29, 0.717) is 6.54 Å². The van der Waals surface area contributed by atoms with E-state index in [1.165, 1.54) is 16.0 Å². The van der Waals surface area contributed by atoms with E-state index >= 15 is 0 Å². The highest BCUT2D eigenvalue weighted by atomic mass is 127. The monoisotopic (exact) mass is 526 g/mol. The van der Waals surface area contributed by atoms with Crippen molar-refractivity contribution in [3.05, 3.63) is 57.8 Å². The number of β-amino-alcohol motifs (C(OH)–C–C–N with tert-alkyl or cyclic N) is 1. The zero-order chi connectivity index (χ0) is 19.3. The van der Waals surface area contributed by atoms with Gasteiger partial charge >= 0.3 is 0 Å². The molecule has 0 bridgehead atoms. The second-order valence-electron chi connectivity index (χ2n) is 7.60. The Morgan fingerprint density at radius 1 is 1.28 bits per heavy atom. The Labute approximate surface area is 194 Å². The van der Waals surface area contributed by atoms with Crippen molar-refractivity contribution >= 4 is 41.3 Å². The van der Waals surface area contributed by atoms with Crippen molar-refractivity contribution in [2.45, 2.75) is 38.5 Å². The second-order valence-corrected chi connectivity index (χ2v) is 8.60. The minimum absolute atomic E-state index is 0. The molecule has 0 aliphatic carbocycles. The number of nitrogens with one attached hydrogen (secondary N) is 1. The summed E-state index contributed by atoms with van der Waals surface area (Å²) in [4.78, 5) is 11.3. The standard InChI is InChI=1S/C22H30N4OS.HI/c1-2-23-22(26-11-8-19(27)16-26)24-14-20(17-6-4-3-5-7-17)25-12-9-21-18(15-25)10-13-28-21;/h3-7,10,13,19-20,27H,2,8-9,11-12,14-16H2,1H3,(H,23,24);1H/t19-,20?;/m1./s1. The molecule has 0 saturated carbocycles. The largest absolute Gasteiger partial charge is 0.391 e. The van der Waals surface area contributed by atoms with Gasteiger partial charge in [-0.1, -0.05) is 30.3 Å². The Hall–Kier alpha value is -1.16. The molecule has 1 saturated heterocycles. The first-order valence-corrected chi connectivity index (χ1v) is 11.2. The lowest BCUT2D eigenvalue weighted by atomic mass is 10.0. The van der Waals surface area contributed by atoms with Crippen LogP contribution in [0.3, 0.4) is 0 Å². The number of benzene rings is 1. The van der Waals surface area contributed by atoms with E-state index < -0.39 is 0 Å². The summed E-state index contributed by atoms with van der Waals surface area (Å²) >= 11 is 1.88. The molecule has 2 atom stereocenters. The summed E-state index contributed by atoms with van der Waals surface area (Å²) in [7, 11) is 0. The molecule has 0 spiro atoms. The van der Waals surface area contributed by atoms with Gasteiger partial charge in [0.1, 0.15) is 0 Å². The van der Waals surface area contributed by atoms with E-state index in [9.17, 15) is 5.11 Å². The van der Waals surface area contributed by atoms with E-state index in [4.69, 9.17) is 4.99 Å². The van der Waals surface area contributed by atoms with Crippen LogP contribution >= 0.6 is 35.3 Å². The number of thiophene rings is 1. The quantitative estimate of drug-likeness (QED) is 0.356. The maximum absolute atomic E-state index is 9.92. The van der Waals surface area contributed by atoms with Gasteiger partial charge in [0.2, 0.25) is 0 Å². The molecule has 2 N–H and O–H groups in total. The number of hydrogen-bond acceptors (Lipinski definition) is 4. The Balaban J connectivity index is 0.00000240. The molecule has 5 nitrogen and oxygen atoms in total. The van der Waals surface area contributed by atoms with Gasteiger partial charge in [0.15, 0.2) is 5.96 Å². The first-order chi connectivity index (χ1) is 13.7. The van der Waals surface area contributed by atoms with Crippen molar-refractivity contribution in [1.29, 1.82) is 0 Å². The van der Waals surface area contributed by atoms with E-state index in [-0.39, 0.29) is 36.1 Å². The molecule has 1 fully saturated rings. The maximum atomic E-state index is 9.92. The number of aliphatic hydroxyl groups excluding tert-OH is 1. The Kier molecular flexibility index (Phi) is 8.35. The van der Waals surface area contributed by atoms with Gasteiger partial charge in [0.25, 0.3) is 0 Å². The van der Waals surface area contributed by atoms with Crippen molar-refractivity contribution in [2.75, 3.05) is 32.7 Å². The zero-order valence-corrected chi connectivity index (χ0v) is 20.1. The maximum Gasteiger partial charge on any atom is 0.194 e. The fourth-order valence-electron chi connectivity index (χ4n) is 4.18. The molecular formula is C22H31IN4OS. The van der Waals surface area contributed by atoms with Crippen LogP contribution in [0.2, 0.25) is 0 Å². The molecule has 7 heteroatoms. The highest BCUT2D eigenvalue weighted by Crippen LogP contribution is 2.30. The number of likely N-dealkylation sites (tertiary alicyclic amines) is 1. The summed E-state index contributed by atoms with van der Waals surface area (Å²) in [6.07, 6.45) is 1.70. The van der Waals surface area contributed by atoms with Crippen LogP contribution in [0.15, 0.2) is 46.8 Å². The summed E-state index contributed by atoms with van der Waals surface area (Å²) in [5.74, 6) is 0.924. The van der Waals surface area contributed by atoms with E-state index in [0.717, 1.165) is 51.5 Å². The molecule has 158 valence electrons. The molecule has 1 unspecified atom stereocenters. The Morgan fingerprint density at radius 2 is 2.10 bits per heavy atom. The van der Waals surface area contributed by atoms with Crippen molar-refractivity contribution in [3.8, 4) is 0 Å². The molecule has 3 heterocycles. The van der Waals surface area contributed by atoms with Gasteiger partial charge in [-0.25, -0.2) is 0 Å². The zero-order valence-electron chi connectivity index (χ0n) is 17.0. The van der Waals surface area contributed by atoms with Crippen LogP contribution in [0.4, 0.5) is 0 Å². The number of rotatable bonds is 5. The van der Waals surface area contributed by atoms with Gasteiger partial charge in [-0.2, -0.15) is 0 Å². The topological polar surface area (TPSA) is 51.1 Å². The van der Waals surface area contributed by atoms with E-state index in [1.54, 1.807) is 0 Å². The Bertz CT molecular complexity index is 797. The highest BCUT2D eigenvalue weighted by Gasteiger charge is 2.27. The first-order valence-electron chi connectivity index (χ1n) is 10.3. The molecule has 29 heavy (non-hydrogen) atoms. The summed E-state index contributed by atoms with van der Waals surface area (Å²) in [5, 5.41) is 15.5. The van der Waals surface area contributed by atoms with Crippen molar-refractivity contribution in [1.82, 2.24) is 15.1 Å². The number of nitrogens with zero attached hydrogens (tertiary/aromatic N) is 3. The van der Waals surface area contributed by atoms with Gasteiger partial charge in [0, 0.05) is 37.6 Å². The number of aliphatic hydroxyl groups is 1. The van der Waals surface area contributed by atoms with Gasteiger partial charge in [-0.3, -0.25) is 9.89 Å². The minimum atomic E-state index is -0.243. The smallest absolute Gasteiger partial charge is 0.194 e. The summed E-state index contributed by atoms with van der Waals surface area (Å²) in [6.45, 7) is 7.25. The fourth-order valence-corrected chi connectivity index (χ4v) is 5.07. The van der Waals surface area contributed by atoms with Crippen LogP contribution in [0.1, 0.15) is 35.4 Å². The van der Waals surface area contributed by atoms with Gasteiger partial charge < -0.3 is 15.3 Å². The average molecular weight is 526 g/mol. The van der Waals surface area contributed by atoms with Crippen LogP contribution in [0.5, 0.6) is 0 Å². The van der Waals surface area contributed by atoms with E-state index in [1.807, 2.05) is 11.3 Å². The lowest BCUT2D eigenvalue weighted by molar-refractivity contribution is 0.183. The lowest BCUT2D eigenvalue weighted by Crippen LogP contribution is -2.41. The molecule has 2 aromatic rings. The van der Waals surface area contributed by atoms with Crippen LogP contribution < -0.4 is 5.32 Å². The van der Waals surface area contributed by atoms with Crippen LogP contribution in [0, 0.1) is 0 Å². The predicted molar refractivity (Wildman–Crippen MR) is 131 cm³/mol. The Morgan fingerprint density at radius 3 is 2.83 bits per heavy atom. The van der Waals surface area contributed by atoms with Gasteiger partial charge in [0.05, 0.1) is 18.7 Å². The van der Waals surface area contributed by atoms with Crippen LogP contribution in [-0.4, -0.2) is 59.7 Å². The summed E-state index contributed by atoms with van der Waals surface area (Å²) in [6, 6.07) is 13.3. The highest BCUT2D eigenvalue weighted by molar-refractivity contribution is 14.0. The summed E-state index contributed by atoms with van der Waals surface area (Å²) in [5.41, 5.74) is 2.79. The second kappa shape index (κ2) is 10.7.